The van der Waals surface area contributed by atoms with E-state index in [0.29, 0.717) is 22.6 Å². The molecular formula is C12H18N8O. The van der Waals surface area contributed by atoms with Gasteiger partial charge in [-0.2, -0.15) is 10.2 Å². The Morgan fingerprint density at radius 2 is 1.38 bits per heavy atom. The van der Waals surface area contributed by atoms with Crippen LogP contribution >= 0.6 is 0 Å². The molecule has 0 heterocycles. The summed E-state index contributed by atoms with van der Waals surface area (Å²) in [5, 5.41) is 24.7. The van der Waals surface area contributed by atoms with Gasteiger partial charge in [-0.05, 0) is 37.6 Å². The highest BCUT2D eigenvalue weighted by Crippen LogP contribution is 2.20. The monoisotopic (exact) mass is 290 g/mol. The molecule has 9 nitrogen and oxygen atoms in total. The van der Waals surface area contributed by atoms with Crippen molar-refractivity contribution in [2.24, 2.45) is 43.3 Å². The molecule has 21 heavy (non-hydrogen) atoms. The first-order valence-electron chi connectivity index (χ1n) is 5.91. The second kappa shape index (κ2) is 6.89. The maximum atomic E-state index is 9.87. The summed E-state index contributed by atoms with van der Waals surface area (Å²) in [4.78, 5) is 0. The van der Waals surface area contributed by atoms with E-state index in [-0.39, 0.29) is 17.7 Å². The maximum Gasteiger partial charge on any atom is 0.211 e. The second-order valence-corrected chi connectivity index (χ2v) is 4.15. The van der Waals surface area contributed by atoms with Crippen LogP contribution in [0.15, 0.2) is 38.6 Å². The lowest BCUT2D eigenvalue weighted by atomic mass is 10.0. The third-order valence-electron chi connectivity index (χ3n) is 2.44. The Morgan fingerprint density at radius 1 is 0.857 bits per heavy atom. The molecule has 0 saturated heterocycles. The number of nitrogens with zero attached hydrogens (tertiary/aromatic N) is 4. The molecule has 0 atom stereocenters. The van der Waals surface area contributed by atoms with Crippen LogP contribution in [-0.2, 0) is 0 Å². The van der Waals surface area contributed by atoms with E-state index in [4.69, 9.17) is 22.9 Å². The largest absolute Gasteiger partial charge is 0.507 e. The van der Waals surface area contributed by atoms with Crippen LogP contribution in [-0.4, -0.2) is 28.4 Å². The van der Waals surface area contributed by atoms with Gasteiger partial charge in [-0.25, -0.2) is 0 Å². The predicted molar refractivity (Wildman–Crippen MR) is 84.1 cm³/mol. The van der Waals surface area contributed by atoms with E-state index in [1.54, 1.807) is 26.0 Å². The smallest absolute Gasteiger partial charge is 0.211 e. The van der Waals surface area contributed by atoms with Gasteiger partial charge in [0, 0.05) is 5.56 Å². The average Bonchev–Trinajstić information content (AvgIpc) is 2.42. The quantitative estimate of drug-likeness (QED) is 0.282. The second-order valence-electron chi connectivity index (χ2n) is 4.15. The van der Waals surface area contributed by atoms with Crippen molar-refractivity contribution in [2.75, 3.05) is 0 Å². The molecule has 1 aromatic rings. The molecule has 0 bridgehead atoms. The first-order chi connectivity index (χ1) is 9.81. The average molecular weight is 290 g/mol. The lowest BCUT2D eigenvalue weighted by Crippen LogP contribution is -2.22. The van der Waals surface area contributed by atoms with Gasteiger partial charge in [0.1, 0.15) is 5.75 Å². The summed E-state index contributed by atoms with van der Waals surface area (Å²) in [5.41, 5.74) is 23.0. The number of rotatable bonds is 4. The highest BCUT2D eigenvalue weighted by molar-refractivity contribution is 6.05. The van der Waals surface area contributed by atoms with Crippen molar-refractivity contribution in [1.82, 2.24) is 0 Å². The lowest BCUT2D eigenvalue weighted by molar-refractivity contribution is 0.474. The number of benzene rings is 1. The summed E-state index contributed by atoms with van der Waals surface area (Å²) >= 11 is 0. The topological polar surface area (TPSA) is 174 Å². The van der Waals surface area contributed by atoms with Crippen molar-refractivity contribution in [3.63, 3.8) is 0 Å². The Bertz CT molecular complexity index is 637. The first kappa shape index (κ1) is 16.0. The van der Waals surface area contributed by atoms with Crippen LogP contribution in [0.2, 0.25) is 0 Å². The van der Waals surface area contributed by atoms with Crippen LogP contribution in [0.3, 0.4) is 0 Å². The van der Waals surface area contributed by atoms with E-state index in [2.05, 4.69) is 20.4 Å². The van der Waals surface area contributed by atoms with E-state index in [9.17, 15) is 5.11 Å². The first-order valence-corrected chi connectivity index (χ1v) is 5.91. The lowest BCUT2D eigenvalue weighted by Gasteiger charge is -2.06. The molecule has 1 aromatic carbocycles. The van der Waals surface area contributed by atoms with Gasteiger partial charge in [0.2, 0.25) is 11.9 Å². The van der Waals surface area contributed by atoms with Crippen LogP contribution < -0.4 is 22.9 Å². The Kier molecular flexibility index (Phi) is 5.24. The van der Waals surface area contributed by atoms with Crippen molar-refractivity contribution in [2.45, 2.75) is 13.8 Å². The third-order valence-corrected chi connectivity index (χ3v) is 2.44. The van der Waals surface area contributed by atoms with Crippen LogP contribution in [0.25, 0.3) is 0 Å². The summed E-state index contributed by atoms with van der Waals surface area (Å²) in [6, 6.07) is 4.86. The molecule has 1 rings (SSSR count). The molecule has 112 valence electrons. The molecule has 9 heteroatoms. The van der Waals surface area contributed by atoms with Crippen LogP contribution in [0, 0.1) is 0 Å². The van der Waals surface area contributed by atoms with Crippen molar-refractivity contribution >= 4 is 23.3 Å². The van der Waals surface area contributed by atoms with E-state index < -0.39 is 0 Å². The standard InChI is InChI=1S/C12H18N8O/c1-6(17-19-11(13)14)8-3-4-10(21)9(5-8)7(2)18-20-12(15)16/h3-5,21H,1-2H3,(H4,13,14,19)(H4,15,16,20)/b17-6+,18-7+. The fraction of sp³-hybridized carbons (Fsp3) is 0.167. The minimum Gasteiger partial charge on any atom is -0.507 e. The Morgan fingerprint density at radius 3 is 1.90 bits per heavy atom. The zero-order valence-corrected chi connectivity index (χ0v) is 11.8. The zero-order valence-electron chi connectivity index (χ0n) is 11.8. The van der Waals surface area contributed by atoms with Crippen LogP contribution in [0.5, 0.6) is 5.75 Å². The molecule has 0 aromatic heterocycles. The number of guanidine groups is 2. The minimum absolute atomic E-state index is 0.0421. The van der Waals surface area contributed by atoms with Gasteiger partial charge in [0.05, 0.1) is 11.4 Å². The summed E-state index contributed by atoms with van der Waals surface area (Å²) in [7, 11) is 0. The van der Waals surface area contributed by atoms with Crippen LogP contribution in [0.4, 0.5) is 0 Å². The molecule has 0 saturated carbocycles. The molecule has 9 N–H and O–H groups in total. The number of phenolic OH excluding ortho intramolecular Hbond substituents is 1. The summed E-state index contributed by atoms with van der Waals surface area (Å²) in [6.45, 7) is 3.39. The van der Waals surface area contributed by atoms with Crippen LogP contribution in [0.1, 0.15) is 25.0 Å². The molecule has 0 fully saturated rings. The van der Waals surface area contributed by atoms with E-state index >= 15 is 0 Å². The molecular weight excluding hydrogens is 272 g/mol. The van der Waals surface area contributed by atoms with Gasteiger partial charge >= 0.3 is 0 Å². The number of phenols is 1. The van der Waals surface area contributed by atoms with Gasteiger partial charge in [-0.3, -0.25) is 0 Å². The highest BCUT2D eigenvalue weighted by Gasteiger charge is 2.08. The normalized spacial score (nSPS) is 11.9. The number of hydrogen-bond acceptors (Lipinski definition) is 5. The molecule has 0 radical (unpaired) electrons. The fourth-order valence-electron chi connectivity index (χ4n) is 1.43. The molecule has 0 aliphatic heterocycles. The van der Waals surface area contributed by atoms with E-state index in [1.165, 1.54) is 6.07 Å². The van der Waals surface area contributed by atoms with Crippen molar-refractivity contribution in [3.05, 3.63) is 29.3 Å². The highest BCUT2D eigenvalue weighted by atomic mass is 16.3. The molecule has 0 amide bonds. The van der Waals surface area contributed by atoms with Gasteiger partial charge in [0.15, 0.2) is 0 Å². The summed E-state index contributed by atoms with van der Waals surface area (Å²) in [6.07, 6.45) is 0. The van der Waals surface area contributed by atoms with Crippen molar-refractivity contribution in [3.8, 4) is 5.75 Å². The Labute approximate surface area is 121 Å². The fourth-order valence-corrected chi connectivity index (χ4v) is 1.43. The van der Waals surface area contributed by atoms with Gasteiger partial charge in [0.25, 0.3) is 0 Å². The SMILES string of the molecule is C/C(=N\N=C(N)N)c1ccc(O)c(/C(C)=N/N=C(N)N)c1. The van der Waals surface area contributed by atoms with Gasteiger partial charge in [-0.15, -0.1) is 10.2 Å². The summed E-state index contributed by atoms with van der Waals surface area (Å²) in [5.74, 6) is -0.269. The third kappa shape index (κ3) is 4.82. The number of hydrogen-bond donors (Lipinski definition) is 5. The molecule has 0 aliphatic rings. The van der Waals surface area contributed by atoms with Gasteiger partial charge < -0.3 is 28.0 Å². The predicted octanol–water partition coefficient (Wildman–Crippen LogP) is -0.613. The molecule has 0 unspecified atom stereocenters. The number of nitrogens with two attached hydrogens (primary N) is 4. The van der Waals surface area contributed by atoms with Crippen molar-refractivity contribution < 1.29 is 5.11 Å². The minimum atomic E-state index is -0.171. The molecule has 0 aliphatic carbocycles. The summed E-state index contributed by atoms with van der Waals surface area (Å²) < 4.78 is 0. The number of aromatic hydroxyl groups is 1. The zero-order chi connectivity index (χ0) is 16.0. The maximum absolute atomic E-state index is 9.87. The van der Waals surface area contributed by atoms with Crippen molar-refractivity contribution in [1.29, 1.82) is 0 Å². The van der Waals surface area contributed by atoms with Gasteiger partial charge in [-0.1, -0.05) is 0 Å². The molecule has 0 spiro atoms. The Balaban J connectivity index is 3.22. The Hall–Kier alpha value is -3.10. The van der Waals surface area contributed by atoms with E-state index in [1.807, 2.05) is 0 Å². The van der Waals surface area contributed by atoms with E-state index in [0.717, 1.165) is 0 Å².